The third-order valence-corrected chi connectivity index (χ3v) is 3.54. The zero-order valence-electron chi connectivity index (χ0n) is 12.1. The van der Waals surface area contributed by atoms with Crippen LogP contribution in [0.2, 0.25) is 0 Å². The van der Waals surface area contributed by atoms with Crippen molar-refractivity contribution in [3.8, 4) is 5.75 Å². The summed E-state index contributed by atoms with van der Waals surface area (Å²) in [4.78, 5) is 8.83. The van der Waals surface area contributed by atoms with Crippen molar-refractivity contribution in [2.45, 2.75) is 6.04 Å². The van der Waals surface area contributed by atoms with Crippen LogP contribution in [0, 0.1) is 0 Å². The van der Waals surface area contributed by atoms with Gasteiger partial charge in [0.2, 0.25) is 0 Å². The van der Waals surface area contributed by atoms with Crippen LogP contribution in [-0.2, 0) is 0 Å². The number of ether oxygens (including phenoxy) is 1. The molecule has 1 atom stereocenters. The zero-order valence-corrected chi connectivity index (χ0v) is 12.1. The molecule has 3 rings (SSSR count). The van der Waals surface area contributed by atoms with Gasteiger partial charge in [-0.05, 0) is 42.9 Å². The largest absolute Gasteiger partial charge is 0.495 e. The predicted molar refractivity (Wildman–Crippen MR) is 83.4 cm³/mol. The molecule has 0 aliphatic heterocycles. The molecule has 1 aromatic carbocycles. The van der Waals surface area contributed by atoms with Gasteiger partial charge in [0.05, 0.1) is 18.7 Å². The van der Waals surface area contributed by atoms with Crippen molar-refractivity contribution < 1.29 is 4.74 Å². The van der Waals surface area contributed by atoms with E-state index < -0.39 is 0 Å². The number of rotatable bonds is 4. The highest BCUT2D eigenvalue weighted by atomic mass is 16.5. The maximum absolute atomic E-state index is 5.42. The van der Waals surface area contributed by atoms with Gasteiger partial charge in [-0.3, -0.25) is 9.97 Å². The molecule has 0 aliphatic rings. The first kappa shape index (κ1) is 13.5. The lowest BCUT2D eigenvalue weighted by atomic mass is 10.0. The minimum absolute atomic E-state index is 0.0224. The Morgan fingerprint density at radius 1 is 1.05 bits per heavy atom. The predicted octanol–water partition coefficient (Wildman–Crippen LogP) is 2.95. The summed E-state index contributed by atoms with van der Waals surface area (Å²) in [5.74, 6) is 0.781. The molecule has 0 fully saturated rings. The number of methoxy groups -OCH3 is 1. The van der Waals surface area contributed by atoms with Gasteiger partial charge in [-0.25, -0.2) is 0 Å². The van der Waals surface area contributed by atoms with Crippen LogP contribution >= 0.6 is 0 Å². The Hall–Kier alpha value is -2.46. The van der Waals surface area contributed by atoms with E-state index in [4.69, 9.17) is 4.74 Å². The first-order valence-corrected chi connectivity index (χ1v) is 6.84. The monoisotopic (exact) mass is 279 g/mol. The van der Waals surface area contributed by atoms with Crippen LogP contribution in [0.1, 0.15) is 17.3 Å². The van der Waals surface area contributed by atoms with Crippen LogP contribution in [0.4, 0.5) is 0 Å². The number of fused-ring (bicyclic) bond motifs is 1. The molecule has 0 saturated heterocycles. The molecule has 2 aromatic heterocycles. The Kier molecular flexibility index (Phi) is 3.79. The Morgan fingerprint density at radius 3 is 2.67 bits per heavy atom. The number of pyridine rings is 2. The summed E-state index contributed by atoms with van der Waals surface area (Å²) in [5.41, 5.74) is 3.00. The highest BCUT2D eigenvalue weighted by Crippen LogP contribution is 2.29. The van der Waals surface area contributed by atoms with Gasteiger partial charge < -0.3 is 10.1 Å². The summed E-state index contributed by atoms with van der Waals surface area (Å²) < 4.78 is 5.42. The molecule has 0 aliphatic carbocycles. The average Bonchev–Trinajstić information content (AvgIpc) is 2.56. The molecule has 106 valence electrons. The fourth-order valence-electron chi connectivity index (χ4n) is 2.53. The number of hydrogen-bond donors (Lipinski definition) is 1. The molecule has 1 unspecified atom stereocenters. The van der Waals surface area contributed by atoms with E-state index in [2.05, 4.69) is 33.5 Å². The van der Waals surface area contributed by atoms with Gasteiger partial charge in [0.15, 0.2) is 0 Å². The van der Waals surface area contributed by atoms with Crippen LogP contribution in [0.15, 0.2) is 54.9 Å². The molecule has 3 aromatic rings. The van der Waals surface area contributed by atoms with Crippen molar-refractivity contribution in [2.24, 2.45) is 0 Å². The number of aromatic nitrogens is 2. The Morgan fingerprint density at radius 2 is 1.86 bits per heavy atom. The van der Waals surface area contributed by atoms with Crippen LogP contribution in [-0.4, -0.2) is 24.1 Å². The highest BCUT2D eigenvalue weighted by molar-refractivity contribution is 5.79. The van der Waals surface area contributed by atoms with E-state index in [9.17, 15) is 0 Å². The quantitative estimate of drug-likeness (QED) is 0.797. The number of nitrogens with one attached hydrogen (secondary N) is 1. The topological polar surface area (TPSA) is 47.0 Å². The molecule has 1 N–H and O–H groups in total. The maximum atomic E-state index is 5.42. The van der Waals surface area contributed by atoms with E-state index >= 15 is 0 Å². The third kappa shape index (κ3) is 2.58. The molecule has 21 heavy (non-hydrogen) atoms. The van der Waals surface area contributed by atoms with E-state index in [0.29, 0.717) is 0 Å². The summed E-state index contributed by atoms with van der Waals surface area (Å²) in [5, 5.41) is 4.43. The molecule has 2 heterocycles. The SMILES string of the molecule is CNC(c1ccc2ncccc2c1)c1ncccc1OC. The average molecular weight is 279 g/mol. The lowest BCUT2D eigenvalue weighted by molar-refractivity contribution is 0.401. The standard InChI is InChI=1S/C17H17N3O/c1-18-16(17-15(21-2)6-4-10-20-17)13-7-8-14-12(11-13)5-3-9-19-14/h3-11,16,18H,1-2H3. The Balaban J connectivity index is 2.09. The molecule has 4 heteroatoms. The summed E-state index contributed by atoms with van der Waals surface area (Å²) in [6.07, 6.45) is 3.59. The van der Waals surface area contributed by atoms with Gasteiger partial charge in [0.1, 0.15) is 11.4 Å². The van der Waals surface area contributed by atoms with Crippen LogP contribution < -0.4 is 10.1 Å². The minimum Gasteiger partial charge on any atom is -0.495 e. The Bertz CT molecular complexity index is 758. The van der Waals surface area contributed by atoms with E-state index in [0.717, 1.165) is 27.9 Å². The van der Waals surface area contributed by atoms with Crippen molar-refractivity contribution in [3.05, 3.63) is 66.1 Å². The first-order chi connectivity index (χ1) is 10.3. The minimum atomic E-state index is -0.0224. The van der Waals surface area contributed by atoms with Gasteiger partial charge in [0, 0.05) is 17.8 Å². The van der Waals surface area contributed by atoms with Gasteiger partial charge >= 0.3 is 0 Å². The van der Waals surface area contributed by atoms with Crippen LogP contribution in [0.3, 0.4) is 0 Å². The second kappa shape index (κ2) is 5.89. The summed E-state index contributed by atoms with van der Waals surface area (Å²) >= 11 is 0. The van der Waals surface area contributed by atoms with E-state index in [-0.39, 0.29) is 6.04 Å². The van der Waals surface area contributed by atoms with Crippen molar-refractivity contribution >= 4 is 10.9 Å². The van der Waals surface area contributed by atoms with Crippen molar-refractivity contribution in [1.82, 2.24) is 15.3 Å². The van der Waals surface area contributed by atoms with Crippen LogP contribution in [0.25, 0.3) is 10.9 Å². The molecular formula is C17H17N3O. The molecular weight excluding hydrogens is 262 g/mol. The van der Waals surface area contributed by atoms with E-state index in [1.807, 2.05) is 31.3 Å². The smallest absolute Gasteiger partial charge is 0.142 e. The zero-order chi connectivity index (χ0) is 14.7. The molecule has 0 saturated carbocycles. The van der Waals surface area contributed by atoms with Gasteiger partial charge in [-0.1, -0.05) is 12.1 Å². The van der Waals surface area contributed by atoms with Gasteiger partial charge in [-0.2, -0.15) is 0 Å². The summed E-state index contributed by atoms with van der Waals surface area (Å²) in [7, 11) is 3.59. The lowest BCUT2D eigenvalue weighted by Crippen LogP contribution is -2.19. The van der Waals surface area contributed by atoms with E-state index in [1.54, 1.807) is 19.5 Å². The van der Waals surface area contributed by atoms with Gasteiger partial charge in [-0.15, -0.1) is 0 Å². The van der Waals surface area contributed by atoms with Crippen molar-refractivity contribution in [1.29, 1.82) is 0 Å². The molecule has 0 bridgehead atoms. The molecule has 0 radical (unpaired) electrons. The fourth-order valence-corrected chi connectivity index (χ4v) is 2.53. The van der Waals surface area contributed by atoms with Gasteiger partial charge in [0.25, 0.3) is 0 Å². The second-order valence-electron chi connectivity index (χ2n) is 4.77. The molecule has 4 nitrogen and oxygen atoms in total. The summed E-state index contributed by atoms with van der Waals surface area (Å²) in [6, 6.07) is 14.0. The number of benzene rings is 1. The Labute approximate surface area is 123 Å². The summed E-state index contributed by atoms with van der Waals surface area (Å²) in [6.45, 7) is 0. The first-order valence-electron chi connectivity index (χ1n) is 6.84. The van der Waals surface area contributed by atoms with Crippen molar-refractivity contribution in [2.75, 3.05) is 14.2 Å². The number of hydrogen-bond acceptors (Lipinski definition) is 4. The molecule has 0 spiro atoms. The second-order valence-corrected chi connectivity index (χ2v) is 4.77. The third-order valence-electron chi connectivity index (χ3n) is 3.54. The van der Waals surface area contributed by atoms with Crippen LogP contribution in [0.5, 0.6) is 5.75 Å². The highest BCUT2D eigenvalue weighted by Gasteiger charge is 2.18. The lowest BCUT2D eigenvalue weighted by Gasteiger charge is -2.19. The fraction of sp³-hybridized carbons (Fsp3) is 0.176. The normalized spacial score (nSPS) is 12.3. The maximum Gasteiger partial charge on any atom is 0.142 e. The van der Waals surface area contributed by atoms with E-state index in [1.165, 1.54) is 0 Å². The number of nitrogens with zero attached hydrogens (tertiary/aromatic N) is 2. The van der Waals surface area contributed by atoms with Crippen molar-refractivity contribution in [3.63, 3.8) is 0 Å². The molecule has 0 amide bonds.